The molecule has 2 aromatic rings. The van der Waals surface area contributed by atoms with Gasteiger partial charge in [-0.25, -0.2) is 0 Å². The van der Waals surface area contributed by atoms with Crippen molar-refractivity contribution >= 4 is 5.97 Å². The summed E-state index contributed by atoms with van der Waals surface area (Å²) in [5, 5.41) is 0. The van der Waals surface area contributed by atoms with E-state index < -0.39 is 0 Å². The van der Waals surface area contributed by atoms with Gasteiger partial charge in [0.1, 0.15) is 0 Å². The zero-order chi connectivity index (χ0) is 15.2. The molecular weight excluding hydrogens is 272 g/mol. The fourth-order valence-electron chi connectivity index (χ4n) is 3.13. The summed E-state index contributed by atoms with van der Waals surface area (Å²) in [5.74, 6) is 0.0288. The Kier molecular flexibility index (Phi) is 4.89. The van der Waals surface area contributed by atoms with Gasteiger partial charge in [0.15, 0.2) is 6.10 Å². The number of rotatable bonds is 4. The molecule has 2 heteroatoms. The van der Waals surface area contributed by atoms with Crippen molar-refractivity contribution < 1.29 is 9.53 Å². The van der Waals surface area contributed by atoms with Crippen LogP contribution >= 0.6 is 0 Å². The molecule has 0 heterocycles. The smallest absolute Gasteiger partial charge is 0.309 e. The highest BCUT2D eigenvalue weighted by Gasteiger charge is 2.26. The van der Waals surface area contributed by atoms with Crippen LogP contribution in [0.1, 0.15) is 49.3 Å². The van der Waals surface area contributed by atoms with E-state index >= 15 is 0 Å². The van der Waals surface area contributed by atoms with Crippen molar-refractivity contribution in [2.24, 2.45) is 5.92 Å². The third-order valence-corrected chi connectivity index (χ3v) is 4.38. The molecule has 0 saturated heterocycles. The predicted octanol–water partition coefficient (Wildman–Crippen LogP) is 4.90. The van der Waals surface area contributed by atoms with Crippen molar-refractivity contribution in [3.63, 3.8) is 0 Å². The van der Waals surface area contributed by atoms with E-state index in [1.54, 1.807) is 0 Å². The van der Waals surface area contributed by atoms with Gasteiger partial charge in [-0.2, -0.15) is 0 Å². The molecule has 0 spiro atoms. The summed E-state index contributed by atoms with van der Waals surface area (Å²) in [6.07, 6.45) is 5.15. The Labute approximate surface area is 132 Å². The molecule has 0 bridgehead atoms. The molecule has 1 aliphatic carbocycles. The molecule has 0 N–H and O–H groups in total. The summed E-state index contributed by atoms with van der Waals surface area (Å²) in [6.45, 7) is 0. The monoisotopic (exact) mass is 294 g/mol. The second kappa shape index (κ2) is 7.26. The summed E-state index contributed by atoms with van der Waals surface area (Å²) in [5.41, 5.74) is 2.05. The Morgan fingerprint density at radius 3 is 1.82 bits per heavy atom. The highest BCUT2D eigenvalue weighted by atomic mass is 16.5. The molecule has 0 aliphatic heterocycles. The zero-order valence-corrected chi connectivity index (χ0v) is 12.8. The van der Waals surface area contributed by atoms with Gasteiger partial charge in [-0.15, -0.1) is 0 Å². The minimum absolute atomic E-state index is 0.0441. The first-order valence-electron chi connectivity index (χ1n) is 8.15. The number of ether oxygens (including phenoxy) is 1. The SMILES string of the molecule is O=C(OC(c1ccccc1)c1ccccc1)C1CCCCC1. The maximum atomic E-state index is 12.5. The summed E-state index contributed by atoms with van der Waals surface area (Å²) in [7, 11) is 0. The van der Waals surface area contributed by atoms with Crippen molar-refractivity contribution in [2.45, 2.75) is 38.2 Å². The molecule has 0 unspecified atom stereocenters. The van der Waals surface area contributed by atoms with E-state index in [1.807, 2.05) is 60.7 Å². The molecule has 22 heavy (non-hydrogen) atoms. The lowest BCUT2D eigenvalue weighted by Gasteiger charge is -2.24. The van der Waals surface area contributed by atoms with Crippen molar-refractivity contribution in [2.75, 3.05) is 0 Å². The van der Waals surface area contributed by atoms with Gasteiger partial charge in [-0.05, 0) is 24.0 Å². The molecule has 0 atom stereocenters. The van der Waals surface area contributed by atoms with Crippen LogP contribution in [0.4, 0.5) is 0 Å². The minimum Gasteiger partial charge on any atom is -0.452 e. The molecule has 1 aliphatic rings. The van der Waals surface area contributed by atoms with Gasteiger partial charge in [-0.3, -0.25) is 4.79 Å². The third-order valence-electron chi connectivity index (χ3n) is 4.38. The van der Waals surface area contributed by atoms with Crippen molar-refractivity contribution in [1.29, 1.82) is 0 Å². The molecule has 2 aromatic carbocycles. The van der Waals surface area contributed by atoms with Gasteiger partial charge >= 0.3 is 5.97 Å². The first-order chi connectivity index (χ1) is 10.8. The Balaban J connectivity index is 1.81. The van der Waals surface area contributed by atoms with Crippen LogP contribution < -0.4 is 0 Å². The highest BCUT2D eigenvalue weighted by Crippen LogP contribution is 2.30. The van der Waals surface area contributed by atoms with Gasteiger partial charge in [-0.1, -0.05) is 79.9 Å². The van der Waals surface area contributed by atoms with Gasteiger partial charge < -0.3 is 4.74 Å². The van der Waals surface area contributed by atoms with Crippen molar-refractivity contribution in [1.82, 2.24) is 0 Å². The standard InChI is InChI=1S/C20H22O2/c21-20(18-14-8-3-9-15-18)22-19(16-10-4-1-5-11-16)17-12-6-2-7-13-17/h1-2,4-7,10-13,18-19H,3,8-9,14-15H2. The van der Waals surface area contributed by atoms with Crippen LogP contribution in [0.5, 0.6) is 0 Å². The van der Waals surface area contributed by atoms with Crippen LogP contribution in [-0.2, 0) is 9.53 Å². The van der Waals surface area contributed by atoms with E-state index in [4.69, 9.17) is 4.74 Å². The topological polar surface area (TPSA) is 26.3 Å². The number of hydrogen-bond donors (Lipinski definition) is 0. The van der Waals surface area contributed by atoms with Crippen molar-refractivity contribution in [3.05, 3.63) is 71.8 Å². The molecule has 1 saturated carbocycles. The number of carbonyl (C=O) groups excluding carboxylic acids is 1. The Morgan fingerprint density at radius 1 is 0.818 bits per heavy atom. The molecule has 1 fully saturated rings. The Bertz CT molecular complexity index is 546. The molecule has 0 amide bonds. The number of benzene rings is 2. The van der Waals surface area contributed by atoms with Crippen LogP contribution in [0.25, 0.3) is 0 Å². The Morgan fingerprint density at radius 2 is 1.32 bits per heavy atom. The number of hydrogen-bond acceptors (Lipinski definition) is 2. The van der Waals surface area contributed by atoms with Gasteiger partial charge in [0, 0.05) is 0 Å². The maximum Gasteiger partial charge on any atom is 0.309 e. The second-order valence-corrected chi connectivity index (χ2v) is 5.97. The average Bonchev–Trinajstić information content (AvgIpc) is 2.62. The third kappa shape index (κ3) is 3.56. The van der Waals surface area contributed by atoms with Gasteiger partial charge in [0.2, 0.25) is 0 Å². The summed E-state index contributed by atoms with van der Waals surface area (Å²) in [4.78, 5) is 12.5. The van der Waals surface area contributed by atoms with E-state index in [1.165, 1.54) is 6.42 Å². The number of esters is 1. The van der Waals surface area contributed by atoms with E-state index in [-0.39, 0.29) is 18.0 Å². The van der Waals surface area contributed by atoms with Crippen LogP contribution in [0.15, 0.2) is 60.7 Å². The lowest BCUT2D eigenvalue weighted by Crippen LogP contribution is -2.23. The molecule has 114 valence electrons. The lowest BCUT2D eigenvalue weighted by molar-refractivity contribution is -0.153. The van der Waals surface area contributed by atoms with Crippen LogP contribution in [0, 0.1) is 5.92 Å². The summed E-state index contributed by atoms with van der Waals surface area (Å²) >= 11 is 0. The normalized spacial score (nSPS) is 15.7. The van der Waals surface area contributed by atoms with Crippen LogP contribution in [-0.4, -0.2) is 5.97 Å². The minimum atomic E-state index is -0.308. The van der Waals surface area contributed by atoms with E-state index in [0.29, 0.717) is 0 Å². The van der Waals surface area contributed by atoms with Crippen LogP contribution in [0.2, 0.25) is 0 Å². The fourth-order valence-corrected chi connectivity index (χ4v) is 3.13. The van der Waals surface area contributed by atoms with E-state index in [0.717, 1.165) is 36.8 Å². The maximum absolute atomic E-state index is 12.5. The molecule has 3 rings (SSSR count). The van der Waals surface area contributed by atoms with E-state index in [2.05, 4.69) is 0 Å². The quantitative estimate of drug-likeness (QED) is 0.750. The molecular formula is C20H22O2. The zero-order valence-electron chi connectivity index (χ0n) is 12.8. The van der Waals surface area contributed by atoms with Crippen molar-refractivity contribution in [3.8, 4) is 0 Å². The van der Waals surface area contributed by atoms with Gasteiger partial charge in [0.25, 0.3) is 0 Å². The highest BCUT2D eigenvalue weighted by molar-refractivity contribution is 5.73. The lowest BCUT2D eigenvalue weighted by atomic mass is 9.89. The number of carbonyl (C=O) groups is 1. The second-order valence-electron chi connectivity index (χ2n) is 5.97. The Hall–Kier alpha value is -2.09. The molecule has 0 radical (unpaired) electrons. The van der Waals surface area contributed by atoms with E-state index in [9.17, 15) is 4.79 Å². The molecule has 0 aromatic heterocycles. The largest absolute Gasteiger partial charge is 0.452 e. The summed E-state index contributed by atoms with van der Waals surface area (Å²) < 4.78 is 5.92. The van der Waals surface area contributed by atoms with Gasteiger partial charge in [0.05, 0.1) is 5.92 Å². The summed E-state index contributed by atoms with van der Waals surface area (Å²) in [6, 6.07) is 20.0. The first kappa shape index (κ1) is 14.8. The predicted molar refractivity (Wildman–Crippen MR) is 87.4 cm³/mol. The average molecular weight is 294 g/mol. The molecule has 2 nitrogen and oxygen atoms in total. The first-order valence-corrected chi connectivity index (χ1v) is 8.15. The fraction of sp³-hybridized carbons (Fsp3) is 0.350. The van der Waals surface area contributed by atoms with Crippen LogP contribution in [0.3, 0.4) is 0 Å².